The van der Waals surface area contributed by atoms with E-state index in [0.29, 0.717) is 29.9 Å². The van der Waals surface area contributed by atoms with Gasteiger partial charge in [0.05, 0.1) is 11.4 Å². The summed E-state index contributed by atoms with van der Waals surface area (Å²) < 4.78 is 26.2. The lowest BCUT2D eigenvalue weighted by Crippen LogP contribution is -2.37. The van der Waals surface area contributed by atoms with Crippen LogP contribution in [0.25, 0.3) is 11.1 Å². The first-order valence-corrected chi connectivity index (χ1v) is 11.2. The van der Waals surface area contributed by atoms with Crippen LogP contribution < -0.4 is 9.62 Å². The summed E-state index contributed by atoms with van der Waals surface area (Å²) in [6.07, 6.45) is 1.50. The monoisotopic (exact) mass is 406 g/mol. The van der Waals surface area contributed by atoms with E-state index in [-0.39, 0.29) is 11.7 Å². The molecule has 148 valence electrons. The van der Waals surface area contributed by atoms with E-state index in [1.807, 2.05) is 54.6 Å². The highest BCUT2D eigenvalue weighted by molar-refractivity contribution is 7.92. The van der Waals surface area contributed by atoms with Gasteiger partial charge in [0.2, 0.25) is 10.0 Å². The average molecular weight is 407 g/mol. The molecule has 0 atom stereocenters. The van der Waals surface area contributed by atoms with Crippen LogP contribution in [0.2, 0.25) is 0 Å². The number of carbonyl (C=O) groups is 1. The van der Waals surface area contributed by atoms with Crippen molar-refractivity contribution in [1.29, 1.82) is 0 Å². The van der Waals surface area contributed by atoms with E-state index in [1.165, 1.54) is 4.31 Å². The van der Waals surface area contributed by atoms with Crippen molar-refractivity contribution in [2.75, 3.05) is 21.9 Å². The average Bonchev–Trinajstić information content (AvgIpc) is 2.74. The molecule has 4 rings (SSSR count). The molecule has 1 fully saturated rings. The van der Waals surface area contributed by atoms with Gasteiger partial charge < -0.3 is 5.32 Å². The van der Waals surface area contributed by atoms with E-state index in [1.54, 1.807) is 24.3 Å². The van der Waals surface area contributed by atoms with Crippen LogP contribution in [0.1, 0.15) is 23.2 Å². The Hall–Kier alpha value is -3.12. The minimum Gasteiger partial charge on any atom is -0.321 e. The Kier molecular flexibility index (Phi) is 5.36. The van der Waals surface area contributed by atoms with Crippen molar-refractivity contribution in [2.45, 2.75) is 12.8 Å². The summed E-state index contributed by atoms with van der Waals surface area (Å²) in [6, 6.07) is 24.3. The van der Waals surface area contributed by atoms with Crippen LogP contribution in [0, 0.1) is 0 Å². The second-order valence-electron chi connectivity index (χ2n) is 7.01. The summed E-state index contributed by atoms with van der Waals surface area (Å²) in [4.78, 5) is 12.9. The molecular formula is C23H22N2O3S. The number of para-hydroxylation sites is 1. The molecule has 0 aliphatic carbocycles. The predicted molar refractivity (Wildman–Crippen MR) is 117 cm³/mol. The normalized spacial score (nSPS) is 15.7. The second kappa shape index (κ2) is 8.09. The highest BCUT2D eigenvalue weighted by atomic mass is 32.2. The van der Waals surface area contributed by atoms with Crippen molar-refractivity contribution in [3.63, 3.8) is 0 Å². The molecule has 29 heavy (non-hydrogen) atoms. The molecule has 6 heteroatoms. The van der Waals surface area contributed by atoms with Crippen LogP contribution in [0.4, 0.5) is 11.4 Å². The highest BCUT2D eigenvalue weighted by Crippen LogP contribution is 2.29. The minimum atomic E-state index is -3.32. The molecule has 1 saturated heterocycles. The van der Waals surface area contributed by atoms with E-state index >= 15 is 0 Å². The number of rotatable bonds is 4. The molecular weight excluding hydrogens is 384 g/mol. The third-order valence-electron chi connectivity index (χ3n) is 5.01. The summed E-state index contributed by atoms with van der Waals surface area (Å²) in [5, 5.41) is 2.97. The summed E-state index contributed by atoms with van der Waals surface area (Å²) >= 11 is 0. The maximum atomic E-state index is 12.9. The number of sulfonamides is 1. The summed E-state index contributed by atoms with van der Waals surface area (Å²) in [5.41, 5.74) is 3.60. The van der Waals surface area contributed by atoms with Crippen LogP contribution in [0.3, 0.4) is 0 Å². The van der Waals surface area contributed by atoms with Gasteiger partial charge in [-0.25, -0.2) is 8.42 Å². The molecule has 5 nitrogen and oxygen atoms in total. The molecule has 1 aliphatic heterocycles. The maximum absolute atomic E-state index is 12.9. The first-order chi connectivity index (χ1) is 14.0. The highest BCUT2D eigenvalue weighted by Gasteiger charge is 2.26. The third-order valence-corrected chi connectivity index (χ3v) is 6.88. The van der Waals surface area contributed by atoms with Crippen molar-refractivity contribution in [3.8, 4) is 11.1 Å². The Balaban J connectivity index is 1.61. The fourth-order valence-electron chi connectivity index (χ4n) is 3.54. The molecule has 0 spiro atoms. The van der Waals surface area contributed by atoms with Gasteiger partial charge in [0.15, 0.2) is 0 Å². The lowest BCUT2D eigenvalue weighted by atomic mass is 10.0. The lowest BCUT2D eigenvalue weighted by Gasteiger charge is -2.28. The van der Waals surface area contributed by atoms with Crippen molar-refractivity contribution in [1.82, 2.24) is 0 Å². The molecule has 0 unspecified atom stereocenters. The van der Waals surface area contributed by atoms with E-state index in [9.17, 15) is 13.2 Å². The third kappa shape index (κ3) is 4.17. The molecule has 1 heterocycles. The Morgan fingerprint density at radius 2 is 1.62 bits per heavy atom. The van der Waals surface area contributed by atoms with Gasteiger partial charge in [-0.2, -0.15) is 0 Å². The van der Waals surface area contributed by atoms with Crippen molar-refractivity contribution >= 4 is 27.3 Å². The molecule has 1 aliphatic rings. The zero-order chi connectivity index (χ0) is 20.3. The molecule has 0 saturated carbocycles. The Morgan fingerprint density at radius 1 is 0.862 bits per heavy atom. The summed E-state index contributed by atoms with van der Waals surface area (Å²) in [5.74, 6) is -0.127. The van der Waals surface area contributed by atoms with Gasteiger partial charge in [0, 0.05) is 23.4 Å². The zero-order valence-electron chi connectivity index (χ0n) is 15.9. The number of carbonyl (C=O) groups excluding carboxylic acids is 1. The van der Waals surface area contributed by atoms with Crippen LogP contribution >= 0.6 is 0 Å². The number of anilines is 2. The maximum Gasteiger partial charge on any atom is 0.255 e. The molecule has 1 amide bonds. The van der Waals surface area contributed by atoms with E-state index < -0.39 is 10.0 Å². The van der Waals surface area contributed by atoms with Gasteiger partial charge in [-0.1, -0.05) is 54.6 Å². The van der Waals surface area contributed by atoms with Crippen molar-refractivity contribution in [3.05, 3.63) is 84.4 Å². The smallest absolute Gasteiger partial charge is 0.255 e. The lowest BCUT2D eigenvalue weighted by molar-refractivity contribution is 0.102. The van der Waals surface area contributed by atoms with Gasteiger partial charge in [-0.3, -0.25) is 9.10 Å². The molecule has 1 N–H and O–H groups in total. The van der Waals surface area contributed by atoms with Crippen LogP contribution in [0.5, 0.6) is 0 Å². The van der Waals surface area contributed by atoms with E-state index in [4.69, 9.17) is 0 Å². The van der Waals surface area contributed by atoms with Crippen molar-refractivity contribution < 1.29 is 13.2 Å². The molecule has 0 aromatic heterocycles. The first kappa shape index (κ1) is 19.2. The van der Waals surface area contributed by atoms with Gasteiger partial charge >= 0.3 is 0 Å². The SMILES string of the molecule is O=C(Nc1ccccc1-c1ccccc1)c1cccc(N2CCCCS2(=O)=O)c1. The molecule has 3 aromatic carbocycles. The zero-order valence-corrected chi connectivity index (χ0v) is 16.7. The largest absolute Gasteiger partial charge is 0.321 e. The Morgan fingerprint density at radius 3 is 2.41 bits per heavy atom. The number of hydrogen-bond donors (Lipinski definition) is 1. The first-order valence-electron chi connectivity index (χ1n) is 9.61. The molecule has 0 bridgehead atoms. The minimum absolute atomic E-state index is 0.147. The van der Waals surface area contributed by atoms with Crippen molar-refractivity contribution in [2.24, 2.45) is 0 Å². The fraction of sp³-hybridized carbons (Fsp3) is 0.174. The predicted octanol–water partition coefficient (Wildman–Crippen LogP) is 4.54. The van der Waals surface area contributed by atoms with E-state index in [2.05, 4.69) is 5.32 Å². The van der Waals surface area contributed by atoms with Gasteiger partial charge in [-0.15, -0.1) is 0 Å². The Labute approximate surface area is 171 Å². The number of nitrogens with zero attached hydrogens (tertiary/aromatic N) is 1. The van der Waals surface area contributed by atoms with Gasteiger partial charge in [0.1, 0.15) is 0 Å². The topological polar surface area (TPSA) is 66.5 Å². The number of hydrogen-bond acceptors (Lipinski definition) is 3. The van der Waals surface area contributed by atoms with Crippen LogP contribution in [0.15, 0.2) is 78.9 Å². The van der Waals surface area contributed by atoms with Gasteiger partial charge in [-0.05, 0) is 42.7 Å². The van der Waals surface area contributed by atoms with Crippen LogP contribution in [-0.4, -0.2) is 26.6 Å². The molecule has 0 radical (unpaired) electrons. The summed E-state index contributed by atoms with van der Waals surface area (Å²) in [6.45, 7) is 0.449. The summed E-state index contributed by atoms with van der Waals surface area (Å²) in [7, 11) is -3.32. The van der Waals surface area contributed by atoms with Crippen LogP contribution in [-0.2, 0) is 10.0 Å². The Bertz CT molecular complexity index is 1130. The number of benzene rings is 3. The fourth-order valence-corrected chi connectivity index (χ4v) is 5.17. The number of amides is 1. The second-order valence-corrected chi connectivity index (χ2v) is 9.02. The van der Waals surface area contributed by atoms with Gasteiger partial charge in [0.25, 0.3) is 5.91 Å². The quantitative estimate of drug-likeness (QED) is 0.692. The number of nitrogens with one attached hydrogen (secondary N) is 1. The molecule has 3 aromatic rings. The van der Waals surface area contributed by atoms with E-state index in [0.717, 1.165) is 17.5 Å². The standard InChI is InChI=1S/C23H22N2O3S/c26-23(24-22-14-5-4-13-21(22)18-9-2-1-3-10-18)19-11-8-12-20(17-19)25-15-6-7-16-29(25,27)28/h1-5,8-14,17H,6-7,15-16H2,(H,24,26).